The SMILES string of the molecule is [B]B([B])C([B])([B])[B]. The summed E-state index contributed by atoms with van der Waals surface area (Å²) in [5.74, 6) is 0. The molecule has 0 nitrogen and oxygen atoms in total. The van der Waals surface area contributed by atoms with E-state index in [2.05, 4.69) is 0 Å². The Hall–Kier alpha value is 0.390. The summed E-state index contributed by atoms with van der Waals surface area (Å²) in [6.07, 6.45) is 0. The first-order valence-electron chi connectivity index (χ1n) is 1.82. The van der Waals surface area contributed by atoms with Gasteiger partial charge >= 0.3 is 0 Å². The molecule has 0 bridgehead atoms. The van der Waals surface area contributed by atoms with Crippen molar-refractivity contribution in [2.24, 2.45) is 0 Å². The van der Waals surface area contributed by atoms with E-state index in [0.717, 1.165) is 0 Å². The summed E-state index contributed by atoms with van der Waals surface area (Å²) in [4.78, 5) is 0. The highest BCUT2D eigenvalue weighted by molar-refractivity contribution is 7.36. The van der Waals surface area contributed by atoms with Crippen LogP contribution in [0.4, 0.5) is 0 Å². The molecule has 7 heavy (non-hydrogen) atoms. The third-order valence-corrected chi connectivity index (χ3v) is 0.577. The lowest BCUT2D eigenvalue weighted by molar-refractivity contribution is 1.68. The smallest absolute Gasteiger partial charge is 0.0410 e. The molecule has 0 aromatic heterocycles. The molecule has 0 aliphatic rings. The fraction of sp³-hybridized carbons (Fsp3) is 1.00. The fourth-order valence-corrected chi connectivity index (χ4v) is 0. The number of rotatable bonds is 1. The first kappa shape index (κ1) is 7.39. The lowest BCUT2D eigenvalue weighted by Crippen LogP contribution is -2.35. The van der Waals surface area contributed by atoms with Crippen molar-refractivity contribution in [3.63, 3.8) is 0 Å². The molecule has 0 heterocycles. The fourth-order valence-electron chi connectivity index (χ4n) is 0. The molecule has 0 aliphatic heterocycles. The van der Waals surface area contributed by atoms with E-state index in [-0.39, 0.29) is 0 Å². The summed E-state index contributed by atoms with van der Waals surface area (Å²) in [6, 6.07) is 0. The minimum Gasteiger partial charge on any atom is -0.165 e. The van der Waals surface area contributed by atoms with Gasteiger partial charge in [0, 0.05) is 45.5 Å². The van der Waals surface area contributed by atoms with E-state index in [9.17, 15) is 0 Å². The van der Waals surface area contributed by atoms with Gasteiger partial charge in [-0.25, -0.2) is 0 Å². The van der Waals surface area contributed by atoms with Crippen LogP contribution in [0.15, 0.2) is 0 Å². The van der Waals surface area contributed by atoms with E-state index in [0.29, 0.717) is 0 Å². The van der Waals surface area contributed by atoms with Crippen LogP contribution < -0.4 is 0 Å². The molecule has 0 spiro atoms. The summed E-state index contributed by atoms with van der Waals surface area (Å²) in [7, 11) is 24.9. The van der Waals surface area contributed by atoms with Gasteiger partial charge in [0.2, 0.25) is 0 Å². The molecule has 0 unspecified atom stereocenters. The number of hydrogen-bond donors (Lipinski definition) is 0. The molecule has 22 valence electrons. The average molecular weight is 76.9 g/mol. The Morgan fingerprint density at radius 2 is 1.14 bits per heavy atom. The van der Waals surface area contributed by atoms with Crippen LogP contribution >= 0.6 is 0 Å². The molecule has 0 saturated heterocycles. The Morgan fingerprint density at radius 1 is 1.00 bits per heavy atom. The van der Waals surface area contributed by atoms with Gasteiger partial charge in [-0.1, -0.05) is 0 Å². The maximum absolute atomic E-state index is 4.98. The third kappa shape index (κ3) is 3.02. The van der Waals surface area contributed by atoms with E-state index < -0.39 is 11.5 Å². The Kier molecular flexibility index (Phi) is 2.22. The van der Waals surface area contributed by atoms with E-state index in [1.807, 2.05) is 0 Å². The Labute approximate surface area is 51.3 Å². The lowest BCUT2D eigenvalue weighted by atomic mass is 8.99. The summed E-state index contributed by atoms with van der Waals surface area (Å²) in [5, 5.41) is -1.44. The van der Waals surface area contributed by atoms with Crippen LogP contribution in [0.25, 0.3) is 0 Å². The van der Waals surface area contributed by atoms with Gasteiger partial charge in [-0.2, -0.15) is 5.01 Å². The van der Waals surface area contributed by atoms with Gasteiger partial charge in [-0.15, -0.1) is 0 Å². The first-order chi connectivity index (χ1) is 2.94. The highest BCUT2D eigenvalue weighted by atomic mass is 13.6. The van der Waals surface area contributed by atoms with E-state index >= 15 is 0 Å². The van der Waals surface area contributed by atoms with Gasteiger partial charge in [0.25, 0.3) is 0 Å². The quantitative estimate of drug-likeness (QED) is 0.315. The molecule has 0 amide bonds. The molecule has 0 atom stereocenters. The molecule has 6 heteroatoms. The second kappa shape index (κ2) is 2.11. The summed E-state index contributed by atoms with van der Waals surface area (Å²) >= 11 is 0. The molecule has 0 aromatic carbocycles. The minimum absolute atomic E-state index is 0.868. The van der Waals surface area contributed by atoms with Crippen molar-refractivity contribution in [1.29, 1.82) is 0 Å². The van der Waals surface area contributed by atoms with Crippen molar-refractivity contribution < 1.29 is 0 Å². The molecule has 0 fully saturated rings. The van der Waals surface area contributed by atoms with Crippen LogP contribution in [-0.4, -0.2) is 45.5 Å². The van der Waals surface area contributed by atoms with Gasteiger partial charge in [-0.05, 0) is 0 Å². The lowest BCUT2D eigenvalue weighted by Gasteiger charge is -2.22. The maximum atomic E-state index is 4.98. The highest BCUT2D eigenvalue weighted by Gasteiger charge is 2.13. The van der Waals surface area contributed by atoms with Crippen LogP contribution in [0, 0.1) is 0 Å². The van der Waals surface area contributed by atoms with Gasteiger partial charge in [0.05, 0.1) is 0 Å². The molecule has 0 saturated carbocycles. The molecule has 0 rings (SSSR count). The third-order valence-electron chi connectivity index (χ3n) is 0.577. The van der Waals surface area contributed by atoms with Gasteiger partial charge < -0.3 is 0 Å². The zero-order valence-electron chi connectivity index (χ0n) is 3.96. The van der Waals surface area contributed by atoms with E-state index in [4.69, 9.17) is 39.0 Å². The van der Waals surface area contributed by atoms with Crippen molar-refractivity contribution >= 4 is 45.5 Å². The van der Waals surface area contributed by atoms with Crippen molar-refractivity contribution in [3.8, 4) is 0 Å². The van der Waals surface area contributed by atoms with Crippen molar-refractivity contribution in [2.75, 3.05) is 0 Å². The Balaban J connectivity index is 3.54. The van der Waals surface area contributed by atoms with Gasteiger partial charge in [0.1, 0.15) is 0 Å². The zero-order valence-corrected chi connectivity index (χ0v) is 3.96. The molecule has 0 N–H and O–H groups in total. The summed E-state index contributed by atoms with van der Waals surface area (Å²) in [6.45, 7) is -0.868. The first-order valence-corrected chi connectivity index (χ1v) is 1.82. The predicted molar refractivity (Wildman–Crippen MR) is 37.2 cm³/mol. The van der Waals surface area contributed by atoms with Crippen molar-refractivity contribution in [2.45, 2.75) is 5.01 Å². The second-order valence-corrected chi connectivity index (χ2v) is 1.53. The topological polar surface area (TPSA) is 0 Å². The molecular formula is CB6. The average Bonchev–Trinajstić information content (AvgIpc) is 1.31. The van der Waals surface area contributed by atoms with E-state index in [1.54, 1.807) is 0 Å². The van der Waals surface area contributed by atoms with Crippen LogP contribution in [0.1, 0.15) is 0 Å². The Bertz CT molecular complexity index is 49.7. The normalized spacial score (nSPS) is 10.9. The molecule has 10 radical (unpaired) electrons. The van der Waals surface area contributed by atoms with Crippen LogP contribution in [-0.2, 0) is 0 Å². The van der Waals surface area contributed by atoms with Crippen LogP contribution in [0.2, 0.25) is 5.01 Å². The van der Waals surface area contributed by atoms with Gasteiger partial charge in [0.15, 0.2) is 0 Å². The molecule has 0 aromatic rings. The standard InChI is InChI=1S/CB6/c2-1(3,4)7(5)6. The van der Waals surface area contributed by atoms with E-state index in [1.165, 1.54) is 0 Å². The molecular weight excluding hydrogens is 76.9 g/mol. The maximum Gasteiger partial charge on any atom is 0.0410 e. The largest absolute Gasteiger partial charge is 0.165 e. The molecule has 0 aliphatic carbocycles. The van der Waals surface area contributed by atoms with Crippen molar-refractivity contribution in [3.05, 3.63) is 0 Å². The monoisotopic (exact) mass is 78.1 g/mol. The predicted octanol–water partition coefficient (Wildman–Crippen LogP) is -2.07. The summed E-state index contributed by atoms with van der Waals surface area (Å²) < 4.78 is 0. The second-order valence-electron chi connectivity index (χ2n) is 1.53. The zero-order chi connectivity index (χ0) is 6.08. The summed E-state index contributed by atoms with van der Waals surface area (Å²) in [5.41, 5.74) is 0. The number of hydrogen-bond acceptors (Lipinski definition) is 0. The van der Waals surface area contributed by atoms with Crippen molar-refractivity contribution in [1.82, 2.24) is 0 Å². The van der Waals surface area contributed by atoms with Crippen LogP contribution in [0.5, 0.6) is 0 Å². The van der Waals surface area contributed by atoms with Gasteiger partial charge in [-0.3, -0.25) is 0 Å². The Morgan fingerprint density at radius 3 is 1.14 bits per heavy atom. The minimum atomic E-state index is -1.44. The van der Waals surface area contributed by atoms with Crippen LogP contribution in [0.3, 0.4) is 0 Å². The highest BCUT2D eigenvalue weighted by Crippen LogP contribution is 2.06.